The summed E-state index contributed by atoms with van der Waals surface area (Å²) < 4.78 is 9.37. The number of methoxy groups -OCH3 is 2. The van der Waals surface area contributed by atoms with Crippen LogP contribution in [0.25, 0.3) is 12.2 Å². The van der Waals surface area contributed by atoms with Crippen LogP contribution in [0.15, 0.2) is 53.7 Å². The molecule has 10 heteroatoms. The van der Waals surface area contributed by atoms with E-state index in [1.54, 1.807) is 6.08 Å². The van der Waals surface area contributed by atoms with Gasteiger partial charge in [-0.25, -0.2) is 14.6 Å². The fourth-order valence-corrected chi connectivity index (χ4v) is 3.24. The Morgan fingerprint density at radius 2 is 1.66 bits per heavy atom. The van der Waals surface area contributed by atoms with Crippen molar-refractivity contribution in [3.63, 3.8) is 0 Å². The summed E-state index contributed by atoms with van der Waals surface area (Å²) in [7, 11) is 2.45. The summed E-state index contributed by atoms with van der Waals surface area (Å²) in [6, 6.07) is 13.9. The molecule has 0 aliphatic rings. The second-order valence-corrected chi connectivity index (χ2v) is 7.31. The minimum absolute atomic E-state index is 0.0235. The molecule has 32 heavy (non-hydrogen) atoms. The molecule has 0 atom stereocenters. The van der Waals surface area contributed by atoms with Crippen molar-refractivity contribution in [1.82, 2.24) is 15.2 Å². The van der Waals surface area contributed by atoms with Crippen LogP contribution in [0.2, 0.25) is 0 Å². The van der Waals surface area contributed by atoms with E-state index in [0.717, 1.165) is 17.3 Å². The number of nitrogens with one attached hydrogen (secondary N) is 2. The lowest BCUT2D eigenvalue weighted by Crippen LogP contribution is -2.16. The Kier molecular flexibility index (Phi) is 7.76. The predicted octanol–water partition coefficient (Wildman–Crippen LogP) is 3.28. The van der Waals surface area contributed by atoms with Crippen molar-refractivity contribution >= 4 is 47.4 Å². The number of aromatic amines is 1. The minimum atomic E-state index is -0.641. The van der Waals surface area contributed by atoms with Crippen molar-refractivity contribution in [2.24, 2.45) is 0 Å². The maximum atomic E-state index is 12.4. The molecule has 0 saturated carbocycles. The number of H-pyrrole nitrogens is 1. The summed E-state index contributed by atoms with van der Waals surface area (Å²) >= 11 is 1.14. The Bertz CT molecular complexity index is 1110. The van der Waals surface area contributed by atoms with Gasteiger partial charge in [-0.3, -0.25) is 9.89 Å². The van der Waals surface area contributed by atoms with Crippen LogP contribution >= 0.6 is 11.8 Å². The van der Waals surface area contributed by atoms with Crippen molar-refractivity contribution in [3.05, 3.63) is 71.0 Å². The summed E-state index contributed by atoms with van der Waals surface area (Å²) in [6.45, 7) is 0. The van der Waals surface area contributed by atoms with E-state index >= 15 is 0 Å². The Morgan fingerprint density at radius 1 is 1.00 bits per heavy atom. The van der Waals surface area contributed by atoms with Crippen molar-refractivity contribution < 1.29 is 23.9 Å². The largest absolute Gasteiger partial charge is 0.465 e. The zero-order chi connectivity index (χ0) is 22.9. The zero-order valence-corrected chi connectivity index (χ0v) is 18.1. The maximum absolute atomic E-state index is 12.4. The molecule has 0 spiro atoms. The van der Waals surface area contributed by atoms with Gasteiger partial charge in [0.05, 0.1) is 31.1 Å². The van der Waals surface area contributed by atoms with E-state index in [1.807, 2.05) is 36.4 Å². The number of thioether (sulfide) groups is 1. The van der Waals surface area contributed by atoms with Crippen LogP contribution < -0.4 is 5.32 Å². The summed E-state index contributed by atoms with van der Waals surface area (Å²) in [6.07, 6.45) is 3.69. The molecule has 0 aliphatic heterocycles. The van der Waals surface area contributed by atoms with Crippen LogP contribution in [0.1, 0.15) is 32.1 Å². The number of esters is 2. The molecule has 9 nitrogen and oxygen atoms in total. The van der Waals surface area contributed by atoms with E-state index in [9.17, 15) is 14.4 Å². The van der Waals surface area contributed by atoms with Crippen LogP contribution in [-0.4, -0.2) is 53.0 Å². The first kappa shape index (κ1) is 22.8. The van der Waals surface area contributed by atoms with Crippen molar-refractivity contribution in [2.45, 2.75) is 5.16 Å². The lowest BCUT2D eigenvalue weighted by atomic mass is 10.1. The van der Waals surface area contributed by atoms with E-state index in [1.165, 1.54) is 32.4 Å². The molecule has 2 N–H and O–H groups in total. The number of hydrogen-bond donors (Lipinski definition) is 2. The van der Waals surface area contributed by atoms with Gasteiger partial charge in [0, 0.05) is 5.69 Å². The third kappa shape index (κ3) is 6.29. The Labute approximate surface area is 188 Å². The summed E-state index contributed by atoms with van der Waals surface area (Å²) in [5.74, 6) is -1.06. The van der Waals surface area contributed by atoms with Crippen LogP contribution in [0.3, 0.4) is 0 Å². The third-order valence-corrected chi connectivity index (χ3v) is 4.95. The molecule has 1 aromatic heterocycles. The second kappa shape index (κ2) is 10.9. The highest BCUT2D eigenvalue weighted by Crippen LogP contribution is 2.19. The number of amides is 1. The number of ether oxygens (including phenoxy) is 2. The Balaban J connectivity index is 1.61. The SMILES string of the molecule is COC(=O)c1cc(NC(=O)CSc2n[nH]c(/C=C/c3ccccc3)n2)cc(C(=O)OC)c1. The average molecular weight is 452 g/mol. The molecule has 0 fully saturated rings. The lowest BCUT2D eigenvalue weighted by Gasteiger charge is -2.09. The molecule has 3 aromatic rings. The van der Waals surface area contributed by atoms with Crippen molar-refractivity contribution in [1.29, 1.82) is 0 Å². The molecular formula is C22H20N4O5S. The molecule has 0 aliphatic carbocycles. The number of hydrogen-bond acceptors (Lipinski definition) is 8. The highest BCUT2D eigenvalue weighted by molar-refractivity contribution is 7.99. The van der Waals surface area contributed by atoms with Crippen LogP contribution in [0.5, 0.6) is 0 Å². The third-order valence-electron chi connectivity index (χ3n) is 4.11. The highest BCUT2D eigenvalue weighted by Gasteiger charge is 2.15. The number of rotatable bonds is 8. The van der Waals surface area contributed by atoms with Gasteiger partial charge in [-0.15, -0.1) is 5.10 Å². The minimum Gasteiger partial charge on any atom is -0.465 e. The molecule has 0 saturated heterocycles. The topological polar surface area (TPSA) is 123 Å². The molecule has 0 radical (unpaired) electrons. The maximum Gasteiger partial charge on any atom is 0.337 e. The normalized spacial score (nSPS) is 10.7. The summed E-state index contributed by atoms with van der Waals surface area (Å²) in [4.78, 5) is 40.4. The predicted molar refractivity (Wildman–Crippen MR) is 120 cm³/mol. The van der Waals surface area contributed by atoms with Crippen LogP contribution in [-0.2, 0) is 14.3 Å². The van der Waals surface area contributed by atoms with Gasteiger partial charge in [-0.2, -0.15) is 0 Å². The molecule has 2 aromatic carbocycles. The van der Waals surface area contributed by atoms with Crippen LogP contribution in [0, 0.1) is 0 Å². The van der Waals surface area contributed by atoms with Crippen molar-refractivity contribution in [2.75, 3.05) is 25.3 Å². The molecule has 1 heterocycles. The van der Waals surface area contributed by atoms with E-state index < -0.39 is 11.9 Å². The first-order valence-electron chi connectivity index (χ1n) is 9.38. The number of carbonyl (C=O) groups is 3. The van der Waals surface area contributed by atoms with Gasteiger partial charge in [-0.1, -0.05) is 48.2 Å². The standard InChI is InChI=1S/C22H20N4O5S/c1-30-20(28)15-10-16(21(29)31-2)12-17(11-15)23-19(27)13-32-22-24-18(25-26-22)9-8-14-6-4-3-5-7-14/h3-12H,13H2,1-2H3,(H,23,27)(H,24,25,26)/b9-8+. The lowest BCUT2D eigenvalue weighted by molar-refractivity contribution is -0.113. The van der Waals surface area contributed by atoms with Gasteiger partial charge in [0.1, 0.15) is 5.82 Å². The van der Waals surface area contributed by atoms with E-state index in [4.69, 9.17) is 0 Å². The number of benzene rings is 2. The van der Waals surface area contributed by atoms with E-state index in [0.29, 0.717) is 11.0 Å². The van der Waals surface area contributed by atoms with Gasteiger partial charge < -0.3 is 14.8 Å². The number of nitrogens with zero attached hydrogens (tertiary/aromatic N) is 2. The quantitative estimate of drug-likeness (QED) is 0.394. The number of carbonyl (C=O) groups excluding carboxylic acids is 3. The molecule has 0 unspecified atom stereocenters. The molecule has 1 amide bonds. The molecule has 0 bridgehead atoms. The number of aromatic nitrogens is 3. The first-order chi connectivity index (χ1) is 15.5. The molecule has 3 rings (SSSR count). The zero-order valence-electron chi connectivity index (χ0n) is 17.3. The van der Waals surface area contributed by atoms with Gasteiger partial charge in [0.15, 0.2) is 0 Å². The van der Waals surface area contributed by atoms with Crippen LogP contribution in [0.4, 0.5) is 5.69 Å². The fraction of sp³-hybridized carbons (Fsp3) is 0.136. The monoisotopic (exact) mass is 452 g/mol. The highest BCUT2D eigenvalue weighted by atomic mass is 32.2. The van der Waals surface area contributed by atoms with Crippen molar-refractivity contribution in [3.8, 4) is 0 Å². The summed E-state index contributed by atoms with van der Waals surface area (Å²) in [5.41, 5.74) is 1.52. The first-order valence-corrected chi connectivity index (χ1v) is 10.4. The van der Waals surface area contributed by atoms with Gasteiger partial charge in [-0.05, 0) is 29.8 Å². The van der Waals surface area contributed by atoms with E-state index in [2.05, 4.69) is 30.0 Å². The number of anilines is 1. The second-order valence-electron chi connectivity index (χ2n) is 6.37. The Morgan fingerprint density at radius 3 is 2.28 bits per heavy atom. The Hall–Kier alpha value is -3.92. The fourth-order valence-electron chi connectivity index (χ4n) is 2.63. The van der Waals surface area contributed by atoms with Gasteiger partial charge in [0.2, 0.25) is 11.1 Å². The van der Waals surface area contributed by atoms with Gasteiger partial charge >= 0.3 is 11.9 Å². The smallest absolute Gasteiger partial charge is 0.337 e. The molecular weight excluding hydrogens is 432 g/mol. The van der Waals surface area contributed by atoms with E-state index in [-0.39, 0.29) is 28.5 Å². The summed E-state index contributed by atoms with van der Waals surface area (Å²) in [5, 5.41) is 9.93. The van der Waals surface area contributed by atoms with Gasteiger partial charge in [0.25, 0.3) is 0 Å². The molecule has 164 valence electrons. The average Bonchev–Trinajstić information content (AvgIpc) is 3.28.